The third-order valence-electron chi connectivity index (χ3n) is 1.83. The van der Waals surface area contributed by atoms with E-state index in [1.807, 2.05) is 14.0 Å². The summed E-state index contributed by atoms with van der Waals surface area (Å²) < 4.78 is 39.7. The highest BCUT2D eigenvalue weighted by Gasteiger charge is 2.36. The van der Waals surface area contributed by atoms with Crippen LogP contribution in [0.25, 0.3) is 0 Å². The molecule has 1 rings (SSSR count). The summed E-state index contributed by atoms with van der Waals surface area (Å²) in [4.78, 5) is 3.36. The fraction of sp³-hybridized carbons (Fsp3) is 0.750. The van der Waals surface area contributed by atoms with Gasteiger partial charge in [-0.25, -0.2) is 0 Å². The molecule has 0 saturated heterocycles. The van der Waals surface area contributed by atoms with Gasteiger partial charge < -0.3 is 10.6 Å². The molecule has 0 radical (unpaired) electrons. The second-order valence-electron chi connectivity index (χ2n) is 3.46. The Morgan fingerprint density at radius 2 is 2.06 bits per heavy atom. The maximum atomic E-state index is 12.2. The van der Waals surface area contributed by atoms with Gasteiger partial charge in [0.2, 0.25) is 11.0 Å². The van der Waals surface area contributed by atoms with Gasteiger partial charge in [-0.2, -0.15) is 22.5 Å². The van der Waals surface area contributed by atoms with Gasteiger partial charge >= 0.3 is 6.18 Å². The van der Waals surface area contributed by atoms with Gasteiger partial charge in [-0.15, -0.1) is 0 Å². The molecular formula is C8H13F3N4S. The van der Waals surface area contributed by atoms with Crippen LogP contribution in [0.5, 0.6) is 0 Å². The third kappa shape index (κ3) is 3.93. The fourth-order valence-electron chi connectivity index (χ4n) is 1.09. The van der Waals surface area contributed by atoms with Crippen LogP contribution in [0.1, 0.15) is 12.7 Å². The van der Waals surface area contributed by atoms with Crippen molar-refractivity contribution in [2.45, 2.75) is 13.1 Å². The molecule has 0 bridgehead atoms. The molecule has 0 aliphatic heterocycles. The molecule has 1 aromatic heterocycles. The van der Waals surface area contributed by atoms with E-state index < -0.39 is 12.0 Å². The normalized spacial score (nSPS) is 13.8. The van der Waals surface area contributed by atoms with Crippen molar-refractivity contribution in [3.8, 4) is 0 Å². The second-order valence-corrected chi connectivity index (χ2v) is 4.22. The van der Waals surface area contributed by atoms with Crippen molar-refractivity contribution in [2.75, 3.05) is 25.5 Å². The molecule has 0 aliphatic carbocycles. The SMILES string of the molecule is CNCC(C)CNc1nc(C(F)(F)F)ns1. The molecular weight excluding hydrogens is 241 g/mol. The molecule has 0 aliphatic rings. The van der Waals surface area contributed by atoms with E-state index in [-0.39, 0.29) is 5.13 Å². The van der Waals surface area contributed by atoms with Crippen LogP contribution in [0.15, 0.2) is 0 Å². The second kappa shape index (κ2) is 5.44. The van der Waals surface area contributed by atoms with Crippen LogP contribution in [-0.2, 0) is 6.18 Å². The van der Waals surface area contributed by atoms with E-state index in [4.69, 9.17) is 0 Å². The van der Waals surface area contributed by atoms with Crippen molar-refractivity contribution >= 4 is 16.7 Å². The van der Waals surface area contributed by atoms with Crippen molar-refractivity contribution in [2.24, 2.45) is 5.92 Å². The van der Waals surface area contributed by atoms with Crippen LogP contribution in [0, 0.1) is 5.92 Å². The van der Waals surface area contributed by atoms with Crippen LogP contribution in [-0.4, -0.2) is 29.5 Å². The minimum Gasteiger partial charge on any atom is -0.360 e. The van der Waals surface area contributed by atoms with Gasteiger partial charge in [-0.3, -0.25) is 0 Å². The van der Waals surface area contributed by atoms with E-state index in [9.17, 15) is 13.2 Å². The summed E-state index contributed by atoms with van der Waals surface area (Å²) in [6.07, 6.45) is -4.47. The Labute approximate surface area is 95.4 Å². The lowest BCUT2D eigenvalue weighted by Gasteiger charge is -2.10. The van der Waals surface area contributed by atoms with Gasteiger partial charge in [-0.1, -0.05) is 6.92 Å². The van der Waals surface area contributed by atoms with Crippen LogP contribution < -0.4 is 10.6 Å². The first-order valence-corrected chi connectivity index (χ1v) is 5.50. The molecule has 0 aromatic carbocycles. The van der Waals surface area contributed by atoms with Gasteiger partial charge in [0, 0.05) is 18.1 Å². The highest BCUT2D eigenvalue weighted by Crippen LogP contribution is 2.28. The summed E-state index contributed by atoms with van der Waals surface area (Å²) in [5.41, 5.74) is 0. The molecule has 1 unspecified atom stereocenters. The number of hydrogen-bond acceptors (Lipinski definition) is 5. The quantitative estimate of drug-likeness (QED) is 0.841. The number of nitrogens with one attached hydrogen (secondary N) is 2. The van der Waals surface area contributed by atoms with Crippen molar-refractivity contribution < 1.29 is 13.2 Å². The molecule has 8 heteroatoms. The molecule has 16 heavy (non-hydrogen) atoms. The average molecular weight is 254 g/mol. The zero-order chi connectivity index (χ0) is 12.2. The number of halogens is 3. The number of hydrogen-bond donors (Lipinski definition) is 2. The summed E-state index contributed by atoms with van der Waals surface area (Å²) in [7, 11) is 1.82. The maximum Gasteiger partial charge on any atom is 0.452 e. The van der Waals surface area contributed by atoms with Crippen molar-refractivity contribution in [3.63, 3.8) is 0 Å². The summed E-state index contributed by atoms with van der Waals surface area (Å²) in [6.45, 7) is 3.33. The molecule has 0 fully saturated rings. The molecule has 1 atom stereocenters. The first kappa shape index (κ1) is 13.2. The molecule has 1 aromatic rings. The summed E-state index contributed by atoms with van der Waals surface area (Å²) >= 11 is 0.724. The lowest BCUT2D eigenvalue weighted by molar-refractivity contribution is -0.144. The molecule has 2 N–H and O–H groups in total. The number of alkyl halides is 3. The summed E-state index contributed by atoms with van der Waals surface area (Å²) in [5.74, 6) is -0.774. The topological polar surface area (TPSA) is 49.8 Å². The van der Waals surface area contributed by atoms with E-state index in [2.05, 4.69) is 20.0 Å². The van der Waals surface area contributed by atoms with Crippen molar-refractivity contribution in [1.82, 2.24) is 14.7 Å². The molecule has 0 amide bonds. The van der Waals surface area contributed by atoms with E-state index in [1.165, 1.54) is 0 Å². The molecule has 4 nitrogen and oxygen atoms in total. The molecule has 1 heterocycles. The van der Waals surface area contributed by atoms with Crippen LogP contribution in [0.3, 0.4) is 0 Å². The molecule has 0 spiro atoms. The van der Waals surface area contributed by atoms with Crippen molar-refractivity contribution in [3.05, 3.63) is 5.82 Å². The van der Waals surface area contributed by atoms with E-state index in [0.717, 1.165) is 18.1 Å². The van der Waals surface area contributed by atoms with Crippen LogP contribution in [0.2, 0.25) is 0 Å². The maximum absolute atomic E-state index is 12.2. The smallest absolute Gasteiger partial charge is 0.360 e. The van der Waals surface area contributed by atoms with Gasteiger partial charge in [0.25, 0.3) is 0 Å². The molecule has 0 saturated carbocycles. The first-order valence-electron chi connectivity index (χ1n) is 4.73. The predicted octanol–water partition coefficient (Wildman–Crippen LogP) is 1.82. The molecule has 92 valence electrons. The van der Waals surface area contributed by atoms with Crippen LogP contribution in [0.4, 0.5) is 18.3 Å². The Bertz CT molecular complexity index is 325. The van der Waals surface area contributed by atoms with E-state index in [1.54, 1.807) is 0 Å². The largest absolute Gasteiger partial charge is 0.452 e. The zero-order valence-corrected chi connectivity index (χ0v) is 9.74. The highest BCUT2D eigenvalue weighted by atomic mass is 32.1. The average Bonchev–Trinajstić information content (AvgIpc) is 2.63. The zero-order valence-electron chi connectivity index (χ0n) is 8.93. The van der Waals surface area contributed by atoms with Gasteiger partial charge in [-0.05, 0) is 19.5 Å². The number of anilines is 1. The number of rotatable bonds is 5. The van der Waals surface area contributed by atoms with Gasteiger partial charge in [0.1, 0.15) is 0 Å². The fourth-order valence-corrected chi connectivity index (χ4v) is 1.69. The lowest BCUT2D eigenvalue weighted by Crippen LogP contribution is -2.22. The Kier molecular flexibility index (Phi) is 4.48. The van der Waals surface area contributed by atoms with Gasteiger partial charge in [0.15, 0.2) is 0 Å². The van der Waals surface area contributed by atoms with Crippen molar-refractivity contribution in [1.29, 1.82) is 0 Å². The number of aromatic nitrogens is 2. The standard InChI is InChI=1S/C8H13F3N4S/c1-5(3-12-2)4-13-7-14-6(15-16-7)8(9,10)11/h5,12H,3-4H2,1-2H3,(H,13,14,15). The Morgan fingerprint density at radius 1 is 1.38 bits per heavy atom. The third-order valence-corrected chi connectivity index (χ3v) is 2.51. The minimum atomic E-state index is -4.47. The lowest BCUT2D eigenvalue weighted by atomic mass is 10.2. The minimum absolute atomic E-state index is 0.204. The Balaban J connectivity index is 2.47. The van der Waals surface area contributed by atoms with E-state index >= 15 is 0 Å². The first-order chi connectivity index (χ1) is 7.43. The summed E-state index contributed by atoms with van der Waals surface area (Å²) in [6, 6.07) is 0. The highest BCUT2D eigenvalue weighted by molar-refractivity contribution is 7.09. The summed E-state index contributed by atoms with van der Waals surface area (Å²) in [5, 5.41) is 6.01. The van der Waals surface area contributed by atoms with Crippen LogP contribution >= 0.6 is 11.5 Å². The Morgan fingerprint density at radius 3 is 2.56 bits per heavy atom. The Hall–Kier alpha value is -0.890. The van der Waals surface area contributed by atoms with Gasteiger partial charge in [0.05, 0.1) is 0 Å². The number of nitrogens with zero attached hydrogens (tertiary/aromatic N) is 2. The van der Waals surface area contributed by atoms with E-state index in [0.29, 0.717) is 12.5 Å². The predicted molar refractivity (Wildman–Crippen MR) is 56.5 cm³/mol. The monoisotopic (exact) mass is 254 g/mol.